The fourth-order valence-electron chi connectivity index (χ4n) is 2.87. The summed E-state index contributed by atoms with van der Waals surface area (Å²) in [7, 11) is 0. The maximum absolute atomic E-state index is 12.0. The molecule has 1 saturated heterocycles. The zero-order chi connectivity index (χ0) is 26.0. The van der Waals surface area contributed by atoms with E-state index < -0.39 is 71.9 Å². The Bertz CT molecular complexity index is 882. The molecular weight excluding hydrogens is 476 g/mol. The summed E-state index contributed by atoms with van der Waals surface area (Å²) >= 11 is 0.610. The van der Waals surface area contributed by atoms with Crippen LogP contribution < -0.4 is 5.73 Å². The van der Waals surface area contributed by atoms with E-state index in [2.05, 4.69) is 0 Å². The van der Waals surface area contributed by atoms with Crippen LogP contribution in [0.5, 0.6) is 0 Å². The molecule has 34 heavy (non-hydrogen) atoms. The van der Waals surface area contributed by atoms with E-state index in [1.165, 1.54) is 6.92 Å². The third kappa shape index (κ3) is 8.56. The zero-order valence-electron chi connectivity index (χ0n) is 19.2. The van der Waals surface area contributed by atoms with Gasteiger partial charge in [-0.1, -0.05) is 11.8 Å². The van der Waals surface area contributed by atoms with Crippen molar-refractivity contribution in [2.75, 3.05) is 13.2 Å². The zero-order valence-corrected chi connectivity index (χ0v) is 20.0. The molecule has 1 aliphatic rings. The smallest absolute Gasteiger partial charge is 0.351 e. The lowest BCUT2D eigenvalue weighted by Crippen LogP contribution is -2.61. The number of hydrogen-bond donors (Lipinski definition) is 1. The Morgan fingerprint density at radius 2 is 1.41 bits per heavy atom. The van der Waals surface area contributed by atoms with Gasteiger partial charge in [-0.3, -0.25) is 19.2 Å². The second kappa shape index (κ2) is 13.4. The molecule has 13 nitrogen and oxygen atoms in total. The van der Waals surface area contributed by atoms with Crippen LogP contribution in [-0.2, 0) is 52.4 Å². The number of nitrogens with two attached hydrogens (primary N) is 1. The average molecular weight is 502 g/mol. The van der Waals surface area contributed by atoms with E-state index in [9.17, 15) is 29.2 Å². The molecule has 0 aromatic carbocycles. The van der Waals surface area contributed by atoms with Gasteiger partial charge in [0.2, 0.25) is 0 Å². The van der Waals surface area contributed by atoms with Crippen molar-refractivity contribution in [3.05, 3.63) is 10.6 Å². The maximum Gasteiger partial charge on any atom is 0.351 e. The first-order valence-corrected chi connectivity index (χ1v) is 10.8. The summed E-state index contributed by atoms with van der Waals surface area (Å²) in [5, 5.41) is 9.00. The van der Waals surface area contributed by atoms with Gasteiger partial charge in [0.15, 0.2) is 29.3 Å². The maximum atomic E-state index is 12.0. The molecule has 0 radical (unpaired) electrons. The average Bonchev–Trinajstić information content (AvgIpc) is 2.70. The van der Waals surface area contributed by atoms with Crippen molar-refractivity contribution in [3.63, 3.8) is 0 Å². The lowest BCUT2D eigenvalue weighted by Gasteiger charge is -2.44. The highest BCUT2D eigenvalue weighted by molar-refractivity contribution is 8.03. The van der Waals surface area contributed by atoms with E-state index in [0.717, 1.165) is 27.7 Å². The lowest BCUT2D eigenvalue weighted by atomic mass is 9.99. The Kier molecular flexibility index (Phi) is 11.3. The lowest BCUT2D eigenvalue weighted by molar-refractivity contribution is -0.237. The molecule has 2 N–H and O–H groups in total. The molecule has 0 amide bonds. The van der Waals surface area contributed by atoms with E-state index in [0.29, 0.717) is 11.8 Å². The van der Waals surface area contributed by atoms with Gasteiger partial charge >= 0.3 is 29.8 Å². The highest BCUT2D eigenvalue weighted by Gasteiger charge is 2.52. The van der Waals surface area contributed by atoms with Gasteiger partial charge in [0.05, 0.1) is 11.6 Å². The number of rotatable bonds is 9. The summed E-state index contributed by atoms with van der Waals surface area (Å²) in [6.45, 7) is 5.49. The Balaban J connectivity index is 3.50. The first-order valence-electron chi connectivity index (χ1n) is 9.95. The van der Waals surface area contributed by atoms with Crippen LogP contribution in [0.2, 0.25) is 0 Å². The molecule has 1 rings (SSSR count). The third-order valence-corrected chi connectivity index (χ3v) is 5.10. The van der Waals surface area contributed by atoms with Crippen LogP contribution in [0, 0.1) is 11.3 Å². The van der Waals surface area contributed by atoms with Crippen molar-refractivity contribution >= 4 is 41.6 Å². The number of hydrogen-bond acceptors (Lipinski definition) is 14. The second-order valence-electron chi connectivity index (χ2n) is 6.76. The molecule has 0 spiro atoms. The molecule has 0 bridgehead atoms. The first-order chi connectivity index (χ1) is 15.9. The van der Waals surface area contributed by atoms with Crippen molar-refractivity contribution in [2.24, 2.45) is 5.73 Å². The Hall–Kier alpha value is -3.31. The molecule has 0 aromatic heterocycles. The van der Waals surface area contributed by atoms with Crippen molar-refractivity contribution < 1.29 is 52.4 Å². The van der Waals surface area contributed by atoms with Crippen molar-refractivity contribution in [2.45, 2.75) is 64.5 Å². The summed E-state index contributed by atoms with van der Waals surface area (Å²) < 4.78 is 31.4. The van der Waals surface area contributed by atoms with E-state index in [4.69, 9.17) is 34.2 Å². The van der Waals surface area contributed by atoms with Gasteiger partial charge in [-0.2, -0.15) is 5.26 Å². The molecule has 1 aliphatic heterocycles. The monoisotopic (exact) mass is 502 g/mol. The van der Waals surface area contributed by atoms with Crippen LogP contribution in [0.1, 0.15) is 34.6 Å². The Morgan fingerprint density at radius 1 is 0.882 bits per heavy atom. The second-order valence-corrected chi connectivity index (χ2v) is 7.90. The molecule has 1 heterocycles. The predicted octanol–water partition coefficient (Wildman–Crippen LogP) is 0.0597. The molecule has 14 heteroatoms. The Morgan fingerprint density at radius 3 is 1.88 bits per heavy atom. The number of thioether (sulfide) groups is 1. The third-order valence-electron chi connectivity index (χ3n) is 4.03. The van der Waals surface area contributed by atoms with E-state index in [-0.39, 0.29) is 11.6 Å². The summed E-state index contributed by atoms with van der Waals surface area (Å²) in [5.74, 6) is -4.04. The number of nitrogens with zero attached hydrogens (tertiary/aromatic N) is 1. The SMILES string of the molecule is CCOC(=O)C(C#N)=C(N)SC1OC(COC(C)=O)C(OC(C)=O)C(OC(C)=O)C1OC(C)=O. The van der Waals surface area contributed by atoms with Gasteiger partial charge in [-0.25, -0.2) is 4.79 Å². The van der Waals surface area contributed by atoms with Gasteiger partial charge in [-0.15, -0.1) is 0 Å². The van der Waals surface area contributed by atoms with Crippen LogP contribution in [-0.4, -0.2) is 72.9 Å². The van der Waals surface area contributed by atoms with E-state index in [1.807, 2.05) is 0 Å². The van der Waals surface area contributed by atoms with Crippen molar-refractivity contribution in [1.29, 1.82) is 5.26 Å². The van der Waals surface area contributed by atoms with Gasteiger partial charge < -0.3 is 34.2 Å². The molecule has 0 aliphatic carbocycles. The van der Waals surface area contributed by atoms with Gasteiger partial charge in [-0.05, 0) is 6.92 Å². The first kappa shape index (κ1) is 28.7. The number of carbonyl (C=O) groups excluding carboxylic acids is 5. The summed E-state index contributed by atoms with van der Waals surface area (Å²) in [4.78, 5) is 58.7. The molecular formula is C20H26N2O11S. The molecule has 188 valence electrons. The van der Waals surface area contributed by atoms with E-state index >= 15 is 0 Å². The summed E-state index contributed by atoms with van der Waals surface area (Å²) in [6.07, 6.45) is -5.34. The highest BCUT2D eigenvalue weighted by atomic mass is 32.2. The van der Waals surface area contributed by atoms with Crippen LogP contribution in [0.15, 0.2) is 10.6 Å². The normalized spacial score (nSPS) is 24.5. The molecule has 5 unspecified atom stereocenters. The van der Waals surface area contributed by atoms with Crippen molar-refractivity contribution in [3.8, 4) is 6.07 Å². The standard InChI is InChI=1S/C20H26N2O11S/c1-6-28-19(27)13(7-21)18(22)34-20-17(32-12(5)26)16(31-11(4)25)15(30-10(3)24)14(33-20)8-29-9(2)23/h14-17,20H,6,8,22H2,1-5H3. The number of carbonyl (C=O) groups is 5. The molecule has 5 atom stereocenters. The summed E-state index contributed by atoms with van der Waals surface area (Å²) in [5.41, 5.74) is 4.13. The minimum atomic E-state index is -1.40. The van der Waals surface area contributed by atoms with Gasteiger partial charge in [0.1, 0.15) is 18.8 Å². The van der Waals surface area contributed by atoms with Gasteiger partial charge in [0, 0.05) is 27.7 Å². The quantitative estimate of drug-likeness (QED) is 0.193. The number of nitriles is 1. The van der Waals surface area contributed by atoms with Crippen LogP contribution in [0.3, 0.4) is 0 Å². The van der Waals surface area contributed by atoms with Crippen molar-refractivity contribution in [1.82, 2.24) is 0 Å². The molecule has 0 aromatic rings. The number of ether oxygens (including phenoxy) is 6. The Labute approximate surface area is 199 Å². The highest BCUT2D eigenvalue weighted by Crippen LogP contribution is 2.36. The van der Waals surface area contributed by atoms with E-state index in [1.54, 1.807) is 6.07 Å². The largest absolute Gasteiger partial charge is 0.463 e. The fraction of sp³-hybridized carbons (Fsp3) is 0.600. The topological polar surface area (TPSA) is 191 Å². The molecule has 1 fully saturated rings. The van der Waals surface area contributed by atoms with Crippen LogP contribution >= 0.6 is 11.8 Å². The minimum absolute atomic E-state index is 0.0129. The predicted molar refractivity (Wildman–Crippen MR) is 113 cm³/mol. The number of esters is 5. The van der Waals surface area contributed by atoms with Gasteiger partial charge in [0.25, 0.3) is 0 Å². The summed E-state index contributed by atoms with van der Waals surface area (Å²) in [6, 6.07) is 1.63. The minimum Gasteiger partial charge on any atom is -0.463 e. The van der Waals surface area contributed by atoms with Crippen LogP contribution in [0.4, 0.5) is 0 Å². The molecule has 0 saturated carbocycles. The van der Waals surface area contributed by atoms with Crippen LogP contribution in [0.25, 0.3) is 0 Å². The fourth-order valence-corrected chi connectivity index (χ4v) is 3.91.